The molecule has 29 heavy (non-hydrogen) atoms. The molecule has 3 rings (SSSR count). The predicted molar refractivity (Wildman–Crippen MR) is 110 cm³/mol. The van der Waals surface area contributed by atoms with Gasteiger partial charge in [-0.3, -0.25) is 9.59 Å². The van der Waals surface area contributed by atoms with Crippen molar-refractivity contribution in [3.63, 3.8) is 0 Å². The number of hydrogen-bond donors (Lipinski definition) is 0. The van der Waals surface area contributed by atoms with Crippen LogP contribution in [-0.4, -0.2) is 21.1 Å². The Labute approximate surface area is 172 Å². The van der Waals surface area contributed by atoms with Gasteiger partial charge in [0.2, 0.25) is 0 Å². The maximum Gasteiger partial charge on any atom is 0.195 e. The van der Waals surface area contributed by atoms with Crippen LogP contribution in [0, 0.1) is 17.5 Å². The summed E-state index contributed by atoms with van der Waals surface area (Å²) in [6, 6.07) is 6.89. The van der Waals surface area contributed by atoms with Crippen molar-refractivity contribution >= 4 is 23.3 Å². The monoisotopic (exact) mass is 420 g/mol. The van der Waals surface area contributed by atoms with Gasteiger partial charge in [-0.15, -0.1) is 11.8 Å². The Kier molecular flexibility index (Phi) is 5.45. The van der Waals surface area contributed by atoms with Gasteiger partial charge < -0.3 is 0 Å². The molecule has 0 aliphatic carbocycles. The molecule has 1 saturated heterocycles. The smallest absolute Gasteiger partial charge is 0.195 e. The van der Waals surface area contributed by atoms with Crippen molar-refractivity contribution < 1.29 is 22.8 Å². The van der Waals surface area contributed by atoms with E-state index in [1.165, 1.54) is 17.8 Å². The standard InChI is InChI=1S/C23H23F3O2S/c1-6-12-11-13(15-9-10-16(24)19(26)18(15)25)7-8-14(12)17-20(27)22(2,3)29-23(4,5)21(17)28/h7-11,17H,6H2,1-5H3. The lowest BCUT2D eigenvalue weighted by Crippen LogP contribution is -2.51. The van der Waals surface area contributed by atoms with E-state index in [-0.39, 0.29) is 17.1 Å². The van der Waals surface area contributed by atoms with E-state index in [2.05, 4.69) is 0 Å². The van der Waals surface area contributed by atoms with Crippen LogP contribution in [-0.2, 0) is 16.0 Å². The number of benzene rings is 2. The lowest BCUT2D eigenvalue weighted by atomic mass is 9.77. The van der Waals surface area contributed by atoms with Crippen LogP contribution in [0.25, 0.3) is 11.1 Å². The first-order valence-corrected chi connectivity index (χ1v) is 10.3. The number of carbonyl (C=O) groups is 2. The lowest BCUT2D eigenvalue weighted by molar-refractivity contribution is -0.132. The highest BCUT2D eigenvalue weighted by atomic mass is 32.2. The summed E-state index contributed by atoms with van der Waals surface area (Å²) in [6.07, 6.45) is 0.500. The molecule has 0 N–H and O–H groups in total. The Morgan fingerprint density at radius 3 is 2.03 bits per heavy atom. The third-order valence-electron chi connectivity index (χ3n) is 5.40. The van der Waals surface area contributed by atoms with Crippen molar-refractivity contribution in [1.29, 1.82) is 0 Å². The van der Waals surface area contributed by atoms with E-state index in [0.29, 0.717) is 23.1 Å². The Hall–Kier alpha value is -2.08. The molecule has 2 aromatic rings. The molecule has 0 unspecified atom stereocenters. The van der Waals surface area contributed by atoms with Crippen LogP contribution in [0.2, 0.25) is 0 Å². The topological polar surface area (TPSA) is 34.1 Å². The normalized spacial score (nSPS) is 18.9. The molecule has 0 amide bonds. The number of carbonyl (C=O) groups excluding carboxylic acids is 2. The molecule has 0 saturated carbocycles. The summed E-state index contributed by atoms with van der Waals surface area (Å²) in [4.78, 5) is 26.2. The number of thioether (sulfide) groups is 1. The quantitative estimate of drug-likeness (QED) is 0.461. The Morgan fingerprint density at radius 2 is 1.48 bits per heavy atom. The molecule has 0 atom stereocenters. The minimum absolute atomic E-state index is 0.0670. The Bertz CT molecular complexity index is 985. The molecule has 0 radical (unpaired) electrons. The number of halogens is 3. The summed E-state index contributed by atoms with van der Waals surface area (Å²) in [5.74, 6) is -5.26. The zero-order valence-corrected chi connectivity index (χ0v) is 17.8. The first kappa shape index (κ1) is 21.6. The summed E-state index contributed by atoms with van der Waals surface area (Å²) < 4.78 is 39.7. The van der Waals surface area contributed by atoms with Crippen molar-refractivity contribution in [2.24, 2.45) is 0 Å². The summed E-state index contributed by atoms with van der Waals surface area (Å²) >= 11 is 1.35. The van der Waals surface area contributed by atoms with Gasteiger partial charge in [-0.05, 0) is 62.9 Å². The Balaban J connectivity index is 2.14. The molecular formula is C23H23F3O2S. The van der Waals surface area contributed by atoms with Gasteiger partial charge in [-0.25, -0.2) is 13.2 Å². The fourth-order valence-corrected chi connectivity index (χ4v) is 5.66. The molecule has 2 aromatic carbocycles. The van der Waals surface area contributed by atoms with E-state index < -0.39 is 32.9 Å². The third-order valence-corrected chi connectivity index (χ3v) is 6.83. The average molecular weight is 420 g/mol. The summed E-state index contributed by atoms with van der Waals surface area (Å²) in [7, 11) is 0. The first-order chi connectivity index (χ1) is 13.4. The second kappa shape index (κ2) is 7.31. The highest BCUT2D eigenvalue weighted by molar-refractivity contribution is 8.03. The van der Waals surface area contributed by atoms with Crippen molar-refractivity contribution in [3.05, 3.63) is 58.9 Å². The molecule has 1 aliphatic rings. The average Bonchev–Trinajstić information content (AvgIpc) is 2.65. The van der Waals surface area contributed by atoms with Crippen molar-refractivity contribution in [3.8, 4) is 11.1 Å². The van der Waals surface area contributed by atoms with Crippen LogP contribution in [0.5, 0.6) is 0 Å². The zero-order chi connectivity index (χ0) is 21.7. The van der Waals surface area contributed by atoms with Crippen LogP contribution in [0.1, 0.15) is 51.7 Å². The molecule has 1 fully saturated rings. The van der Waals surface area contributed by atoms with Gasteiger partial charge in [-0.1, -0.05) is 25.1 Å². The van der Waals surface area contributed by atoms with Gasteiger partial charge in [-0.2, -0.15) is 0 Å². The fourth-order valence-electron chi connectivity index (χ4n) is 3.95. The van der Waals surface area contributed by atoms with E-state index in [4.69, 9.17) is 0 Å². The van der Waals surface area contributed by atoms with E-state index in [1.54, 1.807) is 18.2 Å². The molecule has 2 nitrogen and oxygen atoms in total. The molecule has 6 heteroatoms. The molecule has 0 spiro atoms. The van der Waals surface area contributed by atoms with Gasteiger partial charge in [0.15, 0.2) is 29.0 Å². The van der Waals surface area contributed by atoms with Crippen LogP contribution in [0.3, 0.4) is 0 Å². The number of rotatable bonds is 3. The molecule has 0 bridgehead atoms. The minimum Gasteiger partial charge on any atom is -0.297 e. The predicted octanol–water partition coefficient (Wildman–Crippen LogP) is 5.86. The third kappa shape index (κ3) is 3.63. The molecule has 0 aromatic heterocycles. The fraction of sp³-hybridized carbons (Fsp3) is 0.391. The van der Waals surface area contributed by atoms with Gasteiger partial charge in [0.1, 0.15) is 5.92 Å². The van der Waals surface area contributed by atoms with E-state index in [1.807, 2.05) is 34.6 Å². The van der Waals surface area contributed by atoms with Gasteiger partial charge in [0, 0.05) is 5.56 Å². The SMILES string of the molecule is CCc1cc(-c2ccc(F)c(F)c2F)ccc1C1C(=O)C(C)(C)SC(C)(C)C1=O. The van der Waals surface area contributed by atoms with E-state index in [0.717, 1.165) is 6.07 Å². The molecule has 154 valence electrons. The van der Waals surface area contributed by atoms with Crippen LogP contribution < -0.4 is 0 Å². The molecular weight excluding hydrogens is 397 g/mol. The van der Waals surface area contributed by atoms with E-state index >= 15 is 0 Å². The zero-order valence-electron chi connectivity index (χ0n) is 17.0. The highest BCUT2D eigenvalue weighted by Gasteiger charge is 2.52. The maximum absolute atomic E-state index is 14.2. The maximum atomic E-state index is 14.2. The van der Waals surface area contributed by atoms with Gasteiger partial charge in [0.25, 0.3) is 0 Å². The summed E-state index contributed by atoms with van der Waals surface area (Å²) in [6.45, 7) is 9.14. The lowest BCUT2D eigenvalue weighted by Gasteiger charge is -2.42. The Morgan fingerprint density at radius 1 is 0.897 bits per heavy atom. The number of hydrogen-bond acceptors (Lipinski definition) is 3. The van der Waals surface area contributed by atoms with Crippen LogP contribution >= 0.6 is 11.8 Å². The number of aryl methyl sites for hydroxylation is 1. The van der Waals surface area contributed by atoms with Gasteiger partial charge in [0.05, 0.1) is 9.49 Å². The van der Waals surface area contributed by atoms with E-state index in [9.17, 15) is 22.8 Å². The minimum atomic E-state index is -1.53. The second-order valence-corrected chi connectivity index (χ2v) is 10.5. The molecule has 1 aliphatic heterocycles. The number of Topliss-reactive ketones (excluding diaryl/α,β-unsaturated/α-hetero) is 2. The largest absolute Gasteiger partial charge is 0.297 e. The van der Waals surface area contributed by atoms with Crippen molar-refractivity contribution in [1.82, 2.24) is 0 Å². The first-order valence-electron chi connectivity index (χ1n) is 9.46. The van der Waals surface area contributed by atoms with Crippen LogP contribution in [0.15, 0.2) is 30.3 Å². The highest BCUT2D eigenvalue weighted by Crippen LogP contribution is 2.49. The summed E-state index contributed by atoms with van der Waals surface area (Å²) in [5, 5.41) is 0. The van der Waals surface area contributed by atoms with Crippen LogP contribution in [0.4, 0.5) is 13.2 Å². The second-order valence-electron chi connectivity index (χ2n) is 8.27. The van der Waals surface area contributed by atoms with Crippen molar-refractivity contribution in [2.75, 3.05) is 0 Å². The molecule has 1 heterocycles. The van der Waals surface area contributed by atoms with Crippen molar-refractivity contribution in [2.45, 2.75) is 56.5 Å². The number of ketones is 2. The van der Waals surface area contributed by atoms with Gasteiger partial charge >= 0.3 is 0 Å². The summed E-state index contributed by atoms with van der Waals surface area (Å²) in [5.41, 5.74) is 1.60.